The van der Waals surface area contributed by atoms with Gasteiger partial charge in [-0.05, 0) is 52.5 Å². The number of nitrogens with zero attached hydrogens (tertiary/aromatic N) is 1. The van der Waals surface area contributed by atoms with Gasteiger partial charge in [0.1, 0.15) is 0 Å². The Bertz CT molecular complexity index is 205. The van der Waals surface area contributed by atoms with Crippen molar-refractivity contribution in [3.8, 4) is 0 Å². The van der Waals surface area contributed by atoms with Gasteiger partial charge in [0.2, 0.25) is 0 Å². The molecule has 4 unspecified atom stereocenters. The van der Waals surface area contributed by atoms with Crippen molar-refractivity contribution in [2.24, 2.45) is 5.92 Å². The van der Waals surface area contributed by atoms with Gasteiger partial charge in [-0.15, -0.1) is 0 Å². The topological polar surface area (TPSA) is 15.3 Å². The summed E-state index contributed by atoms with van der Waals surface area (Å²) in [5, 5.41) is 3.67. The smallest absolute Gasteiger partial charge is 0.0195 e. The zero-order valence-corrected chi connectivity index (χ0v) is 12.5. The second-order valence-electron chi connectivity index (χ2n) is 6.16. The lowest BCUT2D eigenvalue weighted by Crippen LogP contribution is -2.50. The number of likely N-dealkylation sites (tertiary alicyclic amines) is 1. The molecule has 0 aromatic carbocycles. The van der Waals surface area contributed by atoms with Gasteiger partial charge in [-0.1, -0.05) is 20.3 Å². The van der Waals surface area contributed by atoms with Gasteiger partial charge in [-0.25, -0.2) is 0 Å². The van der Waals surface area contributed by atoms with Crippen LogP contribution >= 0.6 is 0 Å². The Morgan fingerprint density at radius 2 is 2.00 bits per heavy atom. The summed E-state index contributed by atoms with van der Waals surface area (Å²) < 4.78 is 0. The van der Waals surface area contributed by atoms with E-state index in [4.69, 9.17) is 0 Å². The van der Waals surface area contributed by atoms with Crippen molar-refractivity contribution in [2.45, 2.75) is 78.4 Å². The van der Waals surface area contributed by atoms with Crippen molar-refractivity contribution in [3.63, 3.8) is 0 Å². The van der Waals surface area contributed by atoms with E-state index in [9.17, 15) is 0 Å². The monoisotopic (exact) mass is 240 g/mol. The molecule has 1 heterocycles. The second-order valence-corrected chi connectivity index (χ2v) is 6.16. The Hall–Kier alpha value is -0.0800. The molecule has 1 N–H and O–H groups in total. The van der Waals surface area contributed by atoms with Gasteiger partial charge in [-0.3, -0.25) is 4.90 Å². The Morgan fingerprint density at radius 1 is 1.29 bits per heavy atom. The molecule has 0 amide bonds. The number of piperidine rings is 1. The van der Waals surface area contributed by atoms with E-state index in [0.29, 0.717) is 12.1 Å². The Kier molecular flexibility index (Phi) is 6.50. The van der Waals surface area contributed by atoms with Crippen molar-refractivity contribution in [1.82, 2.24) is 10.2 Å². The molecule has 0 bridgehead atoms. The lowest BCUT2D eigenvalue weighted by atomic mass is 9.92. The first-order chi connectivity index (χ1) is 8.04. The molecule has 1 saturated heterocycles. The molecule has 0 radical (unpaired) electrons. The lowest BCUT2D eigenvalue weighted by molar-refractivity contribution is 0.0876. The van der Waals surface area contributed by atoms with Crippen LogP contribution in [0, 0.1) is 5.92 Å². The Labute approximate surface area is 108 Å². The van der Waals surface area contributed by atoms with E-state index in [1.807, 2.05) is 0 Å². The molecule has 102 valence electrons. The molecular formula is C15H32N2. The highest BCUT2D eigenvalue weighted by molar-refractivity contribution is 4.82. The summed E-state index contributed by atoms with van der Waals surface area (Å²) in [6, 6.07) is 2.11. The van der Waals surface area contributed by atoms with Gasteiger partial charge in [0.05, 0.1) is 0 Å². The number of hydrogen-bond donors (Lipinski definition) is 1. The first-order valence-corrected chi connectivity index (χ1v) is 7.53. The van der Waals surface area contributed by atoms with Crippen LogP contribution < -0.4 is 5.32 Å². The third-order valence-electron chi connectivity index (χ3n) is 4.24. The molecule has 2 nitrogen and oxygen atoms in total. The molecule has 4 atom stereocenters. The van der Waals surface area contributed by atoms with Gasteiger partial charge >= 0.3 is 0 Å². The van der Waals surface area contributed by atoms with Gasteiger partial charge in [0, 0.05) is 24.7 Å². The Morgan fingerprint density at radius 3 is 2.59 bits per heavy atom. The summed E-state index contributed by atoms with van der Waals surface area (Å²) in [5.74, 6) is 0.917. The molecule has 17 heavy (non-hydrogen) atoms. The van der Waals surface area contributed by atoms with Crippen LogP contribution in [-0.4, -0.2) is 36.1 Å². The van der Waals surface area contributed by atoms with Crippen LogP contribution in [0.3, 0.4) is 0 Å². The molecule has 1 aliphatic heterocycles. The quantitative estimate of drug-likeness (QED) is 0.766. The molecule has 1 aliphatic rings. The zero-order valence-electron chi connectivity index (χ0n) is 12.5. The third-order valence-corrected chi connectivity index (χ3v) is 4.24. The molecule has 0 aromatic rings. The van der Waals surface area contributed by atoms with Crippen molar-refractivity contribution in [3.05, 3.63) is 0 Å². The van der Waals surface area contributed by atoms with Crippen molar-refractivity contribution < 1.29 is 0 Å². The van der Waals surface area contributed by atoms with E-state index in [0.717, 1.165) is 18.5 Å². The average Bonchev–Trinajstić information content (AvgIpc) is 2.26. The number of rotatable bonds is 6. The fraction of sp³-hybridized carbons (Fsp3) is 1.00. The molecule has 0 saturated carbocycles. The lowest BCUT2D eigenvalue weighted by Gasteiger charge is -2.40. The maximum absolute atomic E-state index is 3.67. The zero-order chi connectivity index (χ0) is 12.8. The maximum atomic E-state index is 3.67. The first kappa shape index (κ1) is 15.0. The third kappa shape index (κ3) is 4.97. The van der Waals surface area contributed by atoms with E-state index < -0.39 is 0 Å². The molecule has 0 aromatic heterocycles. The van der Waals surface area contributed by atoms with Crippen LogP contribution in [0.25, 0.3) is 0 Å². The Balaban J connectivity index is 2.29. The highest BCUT2D eigenvalue weighted by atomic mass is 15.2. The summed E-state index contributed by atoms with van der Waals surface area (Å²) in [6.45, 7) is 14.1. The minimum absolute atomic E-state index is 0.668. The van der Waals surface area contributed by atoms with Gasteiger partial charge in [0.15, 0.2) is 0 Å². The summed E-state index contributed by atoms with van der Waals surface area (Å²) in [7, 11) is 0. The van der Waals surface area contributed by atoms with Crippen LogP contribution in [0.1, 0.15) is 60.3 Å². The molecule has 1 rings (SSSR count). The van der Waals surface area contributed by atoms with E-state index in [2.05, 4.69) is 44.8 Å². The van der Waals surface area contributed by atoms with Crippen molar-refractivity contribution in [2.75, 3.05) is 13.1 Å². The predicted molar refractivity (Wildman–Crippen MR) is 76.4 cm³/mol. The van der Waals surface area contributed by atoms with Crippen LogP contribution in [0.15, 0.2) is 0 Å². The van der Waals surface area contributed by atoms with Crippen LogP contribution in [-0.2, 0) is 0 Å². The second kappa shape index (κ2) is 7.38. The fourth-order valence-corrected chi connectivity index (χ4v) is 3.10. The number of nitrogens with one attached hydrogen (secondary N) is 1. The summed E-state index contributed by atoms with van der Waals surface area (Å²) in [5.41, 5.74) is 0. The highest BCUT2D eigenvalue weighted by Crippen LogP contribution is 2.23. The summed E-state index contributed by atoms with van der Waals surface area (Å²) in [4.78, 5) is 2.69. The predicted octanol–water partition coefficient (Wildman–Crippen LogP) is 3.27. The minimum atomic E-state index is 0.668. The molecule has 1 fully saturated rings. The van der Waals surface area contributed by atoms with Gasteiger partial charge in [-0.2, -0.15) is 0 Å². The maximum Gasteiger partial charge on any atom is 0.0195 e. The molecule has 0 spiro atoms. The minimum Gasteiger partial charge on any atom is -0.313 e. The largest absolute Gasteiger partial charge is 0.313 e. The van der Waals surface area contributed by atoms with Crippen LogP contribution in [0.5, 0.6) is 0 Å². The van der Waals surface area contributed by atoms with E-state index in [1.165, 1.54) is 32.2 Å². The van der Waals surface area contributed by atoms with Gasteiger partial charge < -0.3 is 5.32 Å². The standard InChI is InChI=1S/C15H32N2/c1-6-7-13(3)16-11-15(5)17-9-8-12(2)10-14(17)4/h12-16H,6-11H2,1-5H3. The van der Waals surface area contributed by atoms with Gasteiger partial charge in [0.25, 0.3) is 0 Å². The SMILES string of the molecule is CCCC(C)NCC(C)N1CCC(C)CC1C. The average molecular weight is 240 g/mol. The molecule has 0 aliphatic carbocycles. The van der Waals surface area contributed by atoms with E-state index >= 15 is 0 Å². The van der Waals surface area contributed by atoms with Crippen molar-refractivity contribution in [1.29, 1.82) is 0 Å². The summed E-state index contributed by atoms with van der Waals surface area (Å²) >= 11 is 0. The van der Waals surface area contributed by atoms with Crippen LogP contribution in [0.2, 0.25) is 0 Å². The van der Waals surface area contributed by atoms with Crippen LogP contribution in [0.4, 0.5) is 0 Å². The van der Waals surface area contributed by atoms with E-state index in [1.54, 1.807) is 0 Å². The normalized spacial score (nSPS) is 30.2. The first-order valence-electron chi connectivity index (χ1n) is 7.53. The fourth-order valence-electron chi connectivity index (χ4n) is 3.10. The van der Waals surface area contributed by atoms with Crippen molar-refractivity contribution >= 4 is 0 Å². The summed E-state index contributed by atoms with van der Waals surface area (Å²) in [6.07, 6.45) is 5.31. The number of hydrogen-bond acceptors (Lipinski definition) is 2. The van der Waals surface area contributed by atoms with E-state index in [-0.39, 0.29) is 0 Å². The molecular weight excluding hydrogens is 208 g/mol. The molecule has 2 heteroatoms. The highest BCUT2D eigenvalue weighted by Gasteiger charge is 2.26.